The van der Waals surface area contributed by atoms with Crippen molar-refractivity contribution in [3.05, 3.63) is 64.6 Å². The molecule has 2 amide bonds. The largest absolute Gasteiger partial charge is 0.488 e. The van der Waals surface area contributed by atoms with Crippen LogP contribution in [0.25, 0.3) is 6.08 Å². The summed E-state index contributed by atoms with van der Waals surface area (Å²) in [5.74, 6) is -0.522. The van der Waals surface area contributed by atoms with E-state index in [-0.39, 0.29) is 11.0 Å². The normalized spacial score (nSPS) is 14.7. The average molecular weight is 483 g/mol. The van der Waals surface area contributed by atoms with Crippen molar-refractivity contribution >= 4 is 40.6 Å². The summed E-state index contributed by atoms with van der Waals surface area (Å²) in [6, 6.07) is 15.6. The smallest absolute Gasteiger partial charge is 0.326 e. The van der Waals surface area contributed by atoms with Crippen molar-refractivity contribution in [1.29, 1.82) is 0 Å². The SMILES string of the molecule is CCN(CC)c1ccc(/C=C2\SC(=O)N(CC(=O)OC(C)C)C2=O)c(OCc2ccccc2)c1. The second-order valence-electron chi connectivity index (χ2n) is 7.98. The zero-order valence-electron chi connectivity index (χ0n) is 19.9. The molecule has 0 unspecified atom stereocenters. The highest BCUT2D eigenvalue weighted by atomic mass is 32.2. The van der Waals surface area contributed by atoms with Gasteiger partial charge in [-0.1, -0.05) is 30.3 Å². The maximum absolute atomic E-state index is 12.9. The molecular formula is C26H30N2O5S. The van der Waals surface area contributed by atoms with E-state index in [1.54, 1.807) is 19.9 Å². The first-order valence-electron chi connectivity index (χ1n) is 11.3. The minimum Gasteiger partial charge on any atom is -0.488 e. The number of carbonyl (C=O) groups excluding carboxylic acids is 3. The number of imide groups is 1. The summed E-state index contributed by atoms with van der Waals surface area (Å²) in [4.78, 5) is 40.6. The van der Waals surface area contributed by atoms with Crippen molar-refractivity contribution < 1.29 is 23.9 Å². The summed E-state index contributed by atoms with van der Waals surface area (Å²) in [5.41, 5.74) is 2.71. The number of anilines is 1. The molecule has 1 aliphatic heterocycles. The Morgan fingerprint density at radius 3 is 2.44 bits per heavy atom. The van der Waals surface area contributed by atoms with Crippen molar-refractivity contribution in [2.24, 2.45) is 0 Å². The summed E-state index contributed by atoms with van der Waals surface area (Å²) in [7, 11) is 0. The van der Waals surface area contributed by atoms with Crippen LogP contribution in [-0.2, 0) is 20.9 Å². The molecule has 3 rings (SSSR count). The van der Waals surface area contributed by atoms with Gasteiger partial charge in [-0.25, -0.2) is 0 Å². The molecule has 1 saturated heterocycles. The molecule has 180 valence electrons. The van der Waals surface area contributed by atoms with Gasteiger partial charge in [0, 0.05) is 30.4 Å². The lowest BCUT2D eigenvalue weighted by Crippen LogP contribution is -2.35. The van der Waals surface area contributed by atoms with E-state index in [9.17, 15) is 14.4 Å². The third-order valence-corrected chi connectivity index (χ3v) is 6.08. The van der Waals surface area contributed by atoms with Gasteiger partial charge in [0.25, 0.3) is 11.1 Å². The molecule has 0 radical (unpaired) electrons. The van der Waals surface area contributed by atoms with Crippen LogP contribution in [0.5, 0.6) is 5.75 Å². The topological polar surface area (TPSA) is 76.2 Å². The number of carbonyl (C=O) groups is 3. The molecule has 1 heterocycles. The lowest BCUT2D eigenvalue weighted by atomic mass is 10.1. The molecule has 2 aromatic rings. The minimum atomic E-state index is -0.617. The van der Waals surface area contributed by atoms with E-state index in [4.69, 9.17) is 9.47 Å². The Morgan fingerprint density at radius 2 is 1.79 bits per heavy atom. The molecule has 8 heteroatoms. The summed E-state index contributed by atoms with van der Waals surface area (Å²) in [5, 5.41) is -0.497. The molecule has 0 bridgehead atoms. The second kappa shape index (κ2) is 11.7. The van der Waals surface area contributed by atoms with Crippen LogP contribution in [0.3, 0.4) is 0 Å². The molecule has 7 nitrogen and oxygen atoms in total. The fraction of sp³-hybridized carbons (Fsp3) is 0.346. The number of hydrogen-bond acceptors (Lipinski definition) is 7. The van der Waals surface area contributed by atoms with Crippen LogP contribution in [0.15, 0.2) is 53.4 Å². The van der Waals surface area contributed by atoms with Gasteiger partial charge in [0.05, 0.1) is 11.0 Å². The second-order valence-corrected chi connectivity index (χ2v) is 8.97. The zero-order valence-corrected chi connectivity index (χ0v) is 20.8. The number of ether oxygens (including phenoxy) is 2. The summed E-state index contributed by atoms with van der Waals surface area (Å²) < 4.78 is 11.2. The lowest BCUT2D eigenvalue weighted by Gasteiger charge is -2.22. The third kappa shape index (κ3) is 6.41. The average Bonchev–Trinajstić information content (AvgIpc) is 3.07. The van der Waals surface area contributed by atoms with E-state index in [0.717, 1.165) is 41.0 Å². The Kier molecular flexibility index (Phi) is 8.76. The van der Waals surface area contributed by atoms with E-state index in [2.05, 4.69) is 18.7 Å². The van der Waals surface area contributed by atoms with Crippen molar-refractivity contribution in [3.63, 3.8) is 0 Å². The monoisotopic (exact) mass is 482 g/mol. The molecule has 1 aliphatic rings. The Balaban J connectivity index is 1.87. The third-order valence-electron chi connectivity index (χ3n) is 5.18. The van der Waals surface area contributed by atoms with Gasteiger partial charge in [0.15, 0.2) is 0 Å². The standard InChI is InChI=1S/C26H30N2O5S/c1-5-27(6-2)21-13-12-20(22(15-21)32-17-19-10-8-7-9-11-19)14-23-25(30)28(26(31)34-23)16-24(29)33-18(3)4/h7-15,18H,5-6,16-17H2,1-4H3/b23-14-. The molecule has 2 aromatic carbocycles. The maximum atomic E-state index is 12.9. The van der Waals surface area contributed by atoms with Crippen LogP contribution in [0.2, 0.25) is 0 Å². The summed E-state index contributed by atoms with van der Waals surface area (Å²) in [6.45, 7) is 9.25. The fourth-order valence-electron chi connectivity index (χ4n) is 3.49. The predicted molar refractivity (Wildman–Crippen MR) is 135 cm³/mol. The number of benzene rings is 2. The quantitative estimate of drug-likeness (QED) is 0.344. The number of amides is 2. The molecular weight excluding hydrogens is 452 g/mol. The molecule has 0 N–H and O–H groups in total. The van der Waals surface area contributed by atoms with Crippen LogP contribution in [0, 0.1) is 0 Å². The Bertz CT molecular complexity index is 1060. The van der Waals surface area contributed by atoms with Crippen LogP contribution in [0.4, 0.5) is 10.5 Å². The van der Waals surface area contributed by atoms with Gasteiger partial charge in [0.1, 0.15) is 18.9 Å². The van der Waals surface area contributed by atoms with Crippen LogP contribution in [-0.4, -0.2) is 47.8 Å². The molecule has 34 heavy (non-hydrogen) atoms. The Hall–Kier alpha value is -3.26. The van der Waals surface area contributed by atoms with E-state index in [0.29, 0.717) is 17.9 Å². The maximum Gasteiger partial charge on any atom is 0.326 e. The van der Waals surface area contributed by atoms with Crippen molar-refractivity contribution in [3.8, 4) is 5.75 Å². The van der Waals surface area contributed by atoms with E-state index >= 15 is 0 Å². The summed E-state index contributed by atoms with van der Waals surface area (Å²) in [6.07, 6.45) is 1.32. The van der Waals surface area contributed by atoms with Crippen LogP contribution in [0.1, 0.15) is 38.8 Å². The van der Waals surface area contributed by atoms with E-state index < -0.39 is 23.7 Å². The van der Waals surface area contributed by atoms with Crippen molar-refractivity contribution in [2.75, 3.05) is 24.5 Å². The molecule has 0 atom stereocenters. The van der Waals surface area contributed by atoms with Crippen LogP contribution < -0.4 is 9.64 Å². The number of hydrogen-bond donors (Lipinski definition) is 0. The number of esters is 1. The van der Waals surface area contributed by atoms with Crippen molar-refractivity contribution in [2.45, 2.75) is 40.4 Å². The molecule has 0 spiro atoms. The number of rotatable bonds is 10. The molecule has 0 aliphatic carbocycles. The Morgan fingerprint density at radius 1 is 1.09 bits per heavy atom. The lowest BCUT2D eigenvalue weighted by molar-refractivity contribution is -0.149. The first-order chi connectivity index (χ1) is 16.3. The first kappa shape index (κ1) is 25.4. The Labute approximate surface area is 204 Å². The predicted octanol–water partition coefficient (Wildman–Crippen LogP) is 5.10. The van der Waals surface area contributed by atoms with E-state index in [1.165, 1.54) is 0 Å². The number of thioether (sulfide) groups is 1. The first-order valence-corrected chi connectivity index (χ1v) is 12.1. The minimum absolute atomic E-state index is 0.238. The van der Waals surface area contributed by atoms with Gasteiger partial charge in [-0.15, -0.1) is 0 Å². The van der Waals surface area contributed by atoms with E-state index in [1.807, 2.05) is 48.5 Å². The highest BCUT2D eigenvalue weighted by molar-refractivity contribution is 8.18. The van der Waals surface area contributed by atoms with Gasteiger partial charge < -0.3 is 14.4 Å². The van der Waals surface area contributed by atoms with Gasteiger partial charge in [-0.3, -0.25) is 19.3 Å². The zero-order chi connectivity index (χ0) is 24.7. The van der Waals surface area contributed by atoms with Gasteiger partial charge in [-0.2, -0.15) is 0 Å². The number of nitrogens with zero attached hydrogens (tertiary/aromatic N) is 2. The van der Waals surface area contributed by atoms with Crippen molar-refractivity contribution in [1.82, 2.24) is 4.90 Å². The highest BCUT2D eigenvalue weighted by Crippen LogP contribution is 2.35. The molecule has 1 fully saturated rings. The highest BCUT2D eigenvalue weighted by Gasteiger charge is 2.37. The van der Waals surface area contributed by atoms with Gasteiger partial charge in [0.2, 0.25) is 0 Å². The summed E-state index contributed by atoms with van der Waals surface area (Å²) >= 11 is 0.805. The fourth-order valence-corrected chi connectivity index (χ4v) is 4.32. The van der Waals surface area contributed by atoms with Crippen LogP contribution >= 0.6 is 11.8 Å². The molecule has 0 saturated carbocycles. The van der Waals surface area contributed by atoms with Gasteiger partial charge >= 0.3 is 5.97 Å². The molecule has 0 aromatic heterocycles. The van der Waals surface area contributed by atoms with Gasteiger partial charge in [-0.05, 0) is 63.2 Å².